The van der Waals surface area contributed by atoms with Crippen LogP contribution in [0.3, 0.4) is 0 Å². The molecule has 1 heterocycles. The van der Waals surface area contributed by atoms with Crippen molar-refractivity contribution in [3.05, 3.63) is 71.1 Å². The summed E-state index contributed by atoms with van der Waals surface area (Å²) in [6.07, 6.45) is 0. The molecule has 2 aromatic carbocycles. The number of anilines is 1. The first kappa shape index (κ1) is 15.1. The molecule has 116 valence electrons. The molecule has 0 saturated heterocycles. The molecule has 3 rings (SSSR count). The number of oxime groups is 1. The molecule has 23 heavy (non-hydrogen) atoms. The number of benzene rings is 2. The topological polar surface area (TPSA) is 70.7 Å². The van der Waals surface area contributed by atoms with Crippen LogP contribution in [0.2, 0.25) is 5.02 Å². The van der Waals surface area contributed by atoms with Gasteiger partial charge in [-0.2, -0.15) is 0 Å². The highest BCUT2D eigenvalue weighted by Gasteiger charge is 2.13. The molecule has 2 N–H and O–H groups in total. The van der Waals surface area contributed by atoms with Gasteiger partial charge in [-0.15, -0.1) is 0 Å². The fourth-order valence-corrected chi connectivity index (χ4v) is 2.16. The van der Waals surface area contributed by atoms with E-state index in [1.807, 2.05) is 30.3 Å². The van der Waals surface area contributed by atoms with Crippen LogP contribution in [0.1, 0.15) is 5.69 Å². The lowest BCUT2D eigenvalue weighted by Crippen LogP contribution is -2.14. The van der Waals surface area contributed by atoms with Crippen LogP contribution in [-0.4, -0.2) is 16.2 Å². The summed E-state index contributed by atoms with van der Waals surface area (Å²) in [6.45, 7) is 0. The molecular formula is C16H11ClFN3O2. The first-order valence-electron chi connectivity index (χ1n) is 6.64. The van der Waals surface area contributed by atoms with Gasteiger partial charge in [0.25, 0.3) is 0 Å². The lowest BCUT2D eigenvalue weighted by atomic mass is 10.1. The Morgan fingerprint density at radius 2 is 1.96 bits per heavy atom. The second-order valence-electron chi connectivity index (χ2n) is 4.64. The molecule has 0 aliphatic rings. The van der Waals surface area contributed by atoms with Crippen molar-refractivity contribution in [2.24, 2.45) is 5.16 Å². The molecule has 0 aliphatic heterocycles. The number of amidine groups is 1. The van der Waals surface area contributed by atoms with E-state index in [4.69, 9.17) is 16.1 Å². The van der Waals surface area contributed by atoms with Gasteiger partial charge in [-0.05, 0) is 18.2 Å². The van der Waals surface area contributed by atoms with Crippen molar-refractivity contribution in [3.8, 4) is 11.3 Å². The average molecular weight is 332 g/mol. The predicted octanol–water partition coefficient (Wildman–Crippen LogP) is 4.38. The fraction of sp³-hybridized carbons (Fsp3) is 0. The standard InChI is InChI=1S/C16H11ClFN3O2/c17-12-8-11(6-7-13(12)18)19-16(20-22)14-9-15(23-21-14)10-4-2-1-3-5-10/h1-9,22H,(H,19,20). The van der Waals surface area contributed by atoms with E-state index in [1.165, 1.54) is 18.2 Å². The third-order valence-electron chi connectivity index (χ3n) is 3.09. The van der Waals surface area contributed by atoms with Crippen molar-refractivity contribution in [2.75, 3.05) is 5.32 Å². The molecule has 0 saturated carbocycles. The summed E-state index contributed by atoms with van der Waals surface area (Å²) in [5.41, 5.74) is 1.59. The number of nitrogens with one attached hydrogen (secondary N) is 1. The van der Waals surface area contributed by atoms with Gasteiger partial charge >= 0.3 is 0 Å². The molecule has 0 bridgehead atoms. The number of aromatic nitrogens is 1. The van der Waals surface area contributed by atoms with Gasteiger partial charge in [-0.3, -0.25) is 0 Å². The van der Waals surface area contributed by atoms with Gasteiger partial charge in [-0.1, -0.05) is 52.2 Å². The van der Waals surface area contributed by atoms with Crippen molar-refractivity contribution in [1.29, 1.82) is 0 Å². The second kappa shape index (κ2) is 6.50. The summed E-state index contributed by atoms with van der Waals surface area (Å²) in [6, 6.07) is 15.0. The third-order valence-corrected chi connectivity index (χ3v) is 3.38. The van der Waals surface area contributed by atoms with Gasteiger partial charge in [0, 0.05) is 17.3 Å². The molecule has 0 radical (unpaired) electrons. The molecule has 0 spiro atoms. The highest BCUT2D eigenvalue weighted by molar-refractivity contribution is 6.31. The Morgan fingerprint density at radius 3 is 2.65 bits per heavy atom. The molecule has 0 amide bonds. The van der Waals surface area contributed by atoms with Gasteiger partial charge in [0.1, 0.15) is 5.82 Å². The molecule has 0 fully saturated rings. The zero-order valence-corrected chi connectivity index (χ0v) is 12.5. The van der Waals surface area contributed by atoms with Crippen LogP contribution < -0.4 is 5.32 Å². The Labute approximate surface area is 136 Å². The molecule has 7 heteroatoms. The maximum Gasteiger partial charge on any atom is 0.199 e. The number of hydrogen-bond acceptors (Lipinski definition) is 4. The smallest absolute Gasteiger partial charge is 0.199 e. The Balaban J connectivity index is 1.84. The van der Waals surface area contributed by atoms with Gasteiger partial charge in [-0.25, -0.2) is 4.39 Å². The van der Waals surface area contributed by atoms with Gasteiger partial charge < -0.3 is 15.0 Å². The largest absolute Gasteiger partial charge is 0.409 e. The molecular weight excluding hydrogens is 321 g/mol. The van der Waals surface area contributed by atoms with Crippen LogP contribution in [0.25, 0.3) is 11.3 Å². The lowest BCUT2D eigenvalue weighted by molar-refractivity contribution is 0.318. The van der Waals surface area contributed by atoms with Crippen molar-refractivity contribution in [1.82, 2.24) is 5.16 Å². The zero-order valence-electron chi connectivity index (χ0n) is 11.7. The summed E-state index contributed by atoms with van der Waals surface area (Å²) in [4.78, 5) is 0. The monoisotopic (exact) mass is 331 g/mol. The van der Waals surface area contributed by atoms with Crippen molar-refractivity contribution in [2.45, 2.75) is 0 Å². The lowest BCUT2D eigenvalue weighted by Gasteiger charge is -2.06. The minimum atomic E-state index is -0.535. The minimum absolute atomic E-state index is 0.0441. The quantitative estimate of drug-likeness (QED) is 0.323. The first-order valence-corrected chi connectivity index (χ1v) is 7.02. The van der Waals surface area contributed by atoms with Crippen LogP contribution in [-0.2, 0) is 0 Å². The number of hydrogen-bond donors (Lipinski definition) is 2. The van der Waals surface area contributed by atoms with Gasteiger partial charge in [0.2, 0.25) is 0 Å². The van der Waals surface area contributed by atoms with E-state index in [1.54, 1.807) is 6.07 Å². The minimum Gasteiger partial charge on any atom is -0.409 e. The van der Waals surface area contributed by atoms with E-state index >= 15 is 0 Å². The maximum absolute atomic E-state index is 13.2. The fourth-order valence-electron chi connectivity index (χ4n) is 1.98. The summed E-state index contributed by atoms with van der Waals surface area (Å²) < 4.78 is 18.4. The van der Waals surface area contributed by atoms with Crippen molar-refractivity contribution < 1.29 is 14.1 Å². The zero-order chi connectivity index (χ0) is 16.2. The van der Waals surface area contributed by atoms with Crippen LogP contribution in [0, 0.1) is 5.82 Å². The molecule has 0 unspecified atom stereocenters. The van der Waals surface area contributed by atoms with Crippen molar-refractivity contribution >= 4 is 23.1 Å². The highest BCUT2D eigenvalue weighted by Crippen LogP contribution is 2.22. The molecule has 1 aromatic heterocycles. The number of halogens is 2. The van der Waals surface area contributed by atoms with Crippen LogP contribution >= 0.6 is 11.6 Å². The Hall–Kier alpha value is -2.86. The molecule has 3 aromatic rings. The summed E-state index contributed by atoms with van der Waals surface area (Å²) in [5.74, 6) is 0.0480. The van der Waals surface area contributed by atoms with E-state index in [-0.39, 0.29) is 10.9 Å². The first-order chi connectivity index (χ1) is 11.2. The van der Waals surface area contributed by atoms with Crippen molar-refractivity contribution in [3.63, 3.8) is 0 Å². The normalized spacial score (nSPS) is 11.5. The summed E-state index contributed by atoms with van der Waals surface area (Å²) in [7, 11) is 0. The van der Waals surface area contributed by atoms with E-state index in [2.05, 4.69) is 15.6 Å². The number of rotatable bonds is 3. The van der Waals surface area contributed by atoms with Crippen LogP contribution in [0.15, 0.2) is 64.3 Å². The third kappa shape index (κ3) is 3.32. The second-order valence-corrected chi connectivity index (χ2v) is 5.05. The van der Waals surface area contributed by atoms with E-state index in [0.29, 0.717) is 17.1 Å². The summed E-state index contributed by atoms with van der Waals surface area (Å²) >= 11 is 5.72. The van der Waals surface area contributed by atoms with E-state index in [0.717, 1.165) is 5.56 Å². The van der Waals surface area contributed by atoms with Gasteiger partial charge in [0.15, 0.2) is 17.3 Å². The maximum atomic E-state index is 13.2. The Morgan fingerprint density at radius 1 is 1.17 bits per heavy atom. The SMILES string of the molecule is O/N=C(/Nc1ccc(F)c(Cl)c1)c1cc(-c2ccccc2)on1. The number of nitrogens with zero attached hydrogens (tertiary/aromatic N) is 2. The Kier molecular flexibility index (Phi) is 4.25. The average Bonchev–Trinajstić information content (AvgIpc) is 3.06. The van der Waals surface area contributed by atoms with Crippen LogP contribution in [0.5, 0.6) is 0 Å². The predicted molar refractivity (Wildman–Crippen MR) is 85.3 cm³/mol. The highest BCUT2D eigenvalue weighted by atomic mass is 35.5. The molecule has 5 nitrogen and oxygen atoms in total. The molecule has 0 atom stereocenters. The van der Waals surface area contributed by atoms with E-state index in [9.17, 15) is 9.60 Å². The summed E-state index contributed by atoms with van der Waals surface area (Å²) in [5, 5.41) is 19.0. The molecule has 0 aliphatic carbocycles. The Bertz CT molecular complexity index is 850. The van der Waals surface area contributed by atoms with Gasteiger partial charge in [0.05, 0.1) is 5.02 Å². The van der Waals surface area contributed by atoms with Crippen LogP contribution in [0.4, 0.5) is 10.1 Å². The van der Waals surface area contributed by atoms with E-state index < -0.39 is 5.82 Å².